The van der Waals surface area contributed by atoms with Crippen molar-refractivity contribution in [3.63, 3.8) is 0 Å². The summed E-state index contributed by atoms with van der Waals surface area (Å²) in [6.07, 6.45) is 0.615. The van der Waals surface area contributed by atoms with Gasteiger partial charge < -0.3 is 15.2 Å². The highest BCUT2D eigenvalue weighted by Gasteiger charge is 2.10. The number of rotatable bonds is 6. The first-order valence-electron chi connectivity index (χ1n) is 6.55. The van der Waals surface area contributed by atoms with Gasteiger partial charge in [0, 0.05) is 16.1 Å². The molecular formula is C16H17Cl2NO2. The molecule has 0 aliphatic rings. The van der Waals surface area contributed by atoms with Crippen LogP contribution < -0.4 is 15.2 Å². The van der Waals surface area contributed by atoms with Crippen LogP contribution in [0.25, 0.3) is 0 Å². The molecule has 0 saturated carbocycles. The van der Waals surface area contributed by atoms with Gasteiger partial charge in [0.1, 0.15) is 18.1 Å². The molecule has 0 spiro atoms. The van der Waals surface area contributed by atoms with E-state index in [-0.39, 0.29) is 6.04 Å². The minimum Gasteiger partial charge on any atom is -0.496 e. The number of hydrogen-bond acceptors (Lipinski definition) is 3. The van der Waals surface area contributed by atoms with Gasteiger partial charge in [-0.1, -0.05) is 29.3 Å². The highest BCUT2D eigenvalue weighted by Crippen LogP contribution is 2.24. The summed E-state index contributed by atoms with van der Waals surface area (Å²) in [5.74, 6) is 1.48. The van der Waals surface area contributed by atoms with Gasteiger partial charge in [0.25, 0.3) is 0 Å². The van der Waals surface area contributed by atoms with Crippen molar-refractivity contribution < 1.29 is 9.47 Å². The largest absolute Gasteiger partial charge is 0.496 e. The minimum atomic E-state index is -0.170. The fourth-order valence-electron chi connectivity index (χ4n) is 2.01. The predicted octanol–water partition coefficient (Wildman–Crippen LogP) is 3.95. The molecule has 5 heteroatoms. The van der Waals surface area contributed by atoms with E-state index in [9.17, 15) is 0 Å². The third-order valence-electron chi connectivity index (χ3n) is 2.98. The molecule has 2 aromatic carbocycles. The number of hydrogen-bond donors (Lipinski definition) is 1. The summed E-state index contributed by atoms with van der Waals surface area (Å²) in [6.45, 7) is 0.385. The predicted molar refractivity (Wildman–Crippen MR) is 86.6 cm³/mol. The summed E-state index contributed by atoms with van der Waals surface area (Å²) in [7, 11) is 1.63. The molecule has 0 aliphatic heterocycles. The summed E-state index contributed by atoms with van der Waals surface area (Å²) in [4.78, 5) is 0. The molecule has 1 unspecified atom stereocenters. The molecular weight excluding hydrogens is 309 g/mol. The van der Waals surface area contributed by atoms with E-state index < -0.39 is 0 Å². The zero-order chi connectivity index (χ0) is 15.2. The minimum absolute atomic E-state index is 0.170. The fourth-order valence-corrected chi connectivity index (χ4v) is 2.38. The van der Waals surface area contributed by atoms with Gasteiger partial charge in [-0.25, -0.2) is 0 Å². The van der Waals surface area contributed by atoms with Crippen LogP contribution in [-0.4, -0.2) is 19.8 Å². The maximum Gasteiger partial charge on any atom is 0.122 e. The zero-order valence-corrected chi connectivity index (χ0v) is 13.2. The topological polar surface area (TPSA) is 44.5 Å². The molecule has 0 fully saturated rings. The summed E-state index contributed by atoms with van der Waals surface area (Å²) >= 11 is 11.9. The van der Waals surface area contributed by atoms with Crippen LogP contribution in [0.1, 0.15) is 5.56 Å². The maximum atomic E-state index is 6.11. The van der Waals surface area contributed by atoms with E-state index in [4.69, 9.17) is 38.4 Å². The Labute approximate surface area is 134 Å². The Morgan fingerprint density at radius 2 is 1.86 bits per heavy atom. The van der Waals surface area contributed by atoms with E-state index in [1.807, 2.05) is 24.3 Å². The number of halogens is 2. The van der Waals surface area contributed by atoms with Crippen molar-refractivity contribution >= 4 is 23.2 Å². The standard InChI is InChI=1S/C16H17Cl2NO2/c1-20-16-6-5-13(18)7-11(16)8-14(19)10-21-15-4-2-3-12(17)9-15/h2-7,9,14H,8,10,19H2,1H3. The quantitative estimate of drug-likeness (QED) is 0.874. The molecule has 0 amide bonds. The lowest BCUT2D eigenvalue weighted by Gasteiger charge is -2.15. The van der Waals surface area contributed by atoms with Gasteiger partial charge in [-0.3, -0.25) is 0 Å². The Bertz CT molecular complexity index is 605. The van der Waals surface area contributed by atoms with Crippen LogP contribution in [0.2, 0.25) is 10.0 Å². The second-order valence-corrected chi connectivity index (χ2v) is 5.56. The van der Waals surface area contributed by atoms with Gasteiger partial charge in [-0.05, 0) is 48.4 Å². The first-order valence-corrected chi connectivity index (χ1v) is 7.30. The van der Waals surface area contributed by atoms with Crippen LogP contribution in [0.3, 0.4) is 0 Å². The van der Waals surface area contributed by atoms with Crippen molar-refractivity contribution in [2.24, 2.45) is 5.73 Å². The van der Waals surface area contributed by atoms with E-state index in [1.54, 1.807) is 25.3 Å². The lowest BCUT2D eigenvalue weighted by Crippen LogP contribution is -2.30. The molecule has 1 atom stereocenters. The Hall–Kier alpha value is -1.42. The molecule has 0 aromatic heterocycles. The normalized spacial score (nSPS) is 12.0. The lowest BCUT2D eigenvalue weighted by molar-refractivity contribution is 0.286. The van der Waals surface area contributed by atoms with Crippen LogP contribution in [0.15, 0.2) is 42.5 Å². The molecule has 0 aliphatic carbocycles. The number of benzene rings is 2. The second kappa shape index (κ2) is 7.55. The molecule has 0 saturated heterocycles. The Balaban J connectivity index is 1.95. The van der Waals surface area contributed by atoms with Gasteiger partial charge in [-0.2, -0.15) is 0 Å². The summed E-state index contributed by atoms with van der Waals surface area (Å²) in [6, 6.07) is 12.6. The first kappa shape index (κ1) is 16.0. The summed E-state index contributed by atoms with van der Waals surface area (Å²) in [5, 5.41) is 1.30. The van der Waals surface area contributed by atoms with Gasteiger partial charge in [0.05, 0.1) is 7.11 Å². The first-order chi connectivity index (χ1) is 10.1. The third kappa shape index (κ3) is 4.81. The molecule has 21 heavy (non-hydrogen) atoms. The van der Waals surface area contributed by atoms with Crippen molar-refractivity contribution in [2.75, 3.05) is 13.7 Å². The van der Waals surface area contributed by atoms with Gasteiger partial charge in [0.2, 0.25) is 0 Å². The average Bonchev–Trinajstić information content (AvgIpc) is 2.45. The van der Waals surface area contributed by atoms with E-state index in [1.165, 1.54) is 0 Å². The number of nitrogens with two attached hydrogens (primary N) is 1. The van der Waals surface area contributed by atoms with Crippen molar-refractivity contribution in [2.45, 2.75) is 12.5 Å². The lowest BCUT2D eigenvalue weighted by atomic mass is 10.1. The van der Waals surface area contributed by atoms with E-state index in [2.05, 4.69) is 0 Å². The molecule has 2 N–H and O–H groups in total. The van der Waals surface area contributed by atoms with E-state index >= 15 is 0 Å². The van der Waals surface area contributed by atoms with E-state index in [0.717, 1.165) is 11.3 Å². The third-order valence-corrected chi connectivity index (χ3v) is 3.45. The van der Waals surface area contributed by atoms with Crippen LogP contribution in [-0.2, 0) is 6.42 Å². The van der Waals surface area contributed by atoms with E-state index in [0.29, 0.717) is 28.8 Å². The van der Waals surface area contributed by atoms with Crippen LogP contribution in [0.5, 0.6) is 11.5 Å². The average molecular weight is 326 g/mol. The zero-order valence-electron chi connectivity index (χ0n) is 11.7. The Morgan fingerprint density at radius 3 is 2.57 bits per heavy atom. The highest BCUT2D eigenvalue weighted by atomic mass is 35.5. The van der Waals surface area contributed by atoms with Crippen molar-refractivity contribution in [1.82, 2.24) is 0 Å². The fraction of sp³-hybridized carbons (Fsp3) is 0.250. The van der Waals surface area contributed by atoms with Crippen LogP contribution in [0.4, 0.5) is 0 Å². The van der Waals surface area contributed by atoms with Gasteiger partial charge in [0.15, 0.2) is 0 Å². The molecule has 0 bridgehead atoms. The number of methoxy groups -OCH3 is 1. The molecule has 2 rings (SSSR count). The summed E-state index contributed by atoms with van der Waals surface area (Å²) in [5.41, 5.74) is 7.07. The second-order valence-electron chi connectivity index (χ2n) is 4.69. The molecule has 3 nitrogen and oxygen atoms in total. The monoisotopic (exact) mass is 325 g/mol. The summed E-state index contributed by atoms with van der Waals surface area (Å²) < 4.78 is 10.9. The molecule has 0 radical (unpaired) electrons. The number of ether oxygens (including phenoxy) is 2. The molecule has 0 heterocycles. The Morgan fingerprint density at radius 1 is 1.10 bits per heavy atom. The Kier molecular flexibility index (Phi) is 5.74. The van der Waals surface area contributed by atoms with Crippen molar-refractivity contribution in [3.05, 3.63) is 58.1 Å². The maximum absolute atomic E-state index is 6.11. The molecule has 112 valence electrons. The molecule has 2 aromatic rings. The SMILES string of the molecule is COc1ccc(Cl)cc1CC(N)COc1cccc(Cl)c1. The highest BCUT2D eigenvalue weighted by molar-refractivity contribution is 6.31. The van der Waals surface area contributed by atoms with Crippen LogP contribution in [0, 0.1) is 0 Å². The smallest absolute Gasteiger partial charge is 0.122 e. The van der Waals surface area contributed by atoms with Gasteiger partial charge in [-0.15, -0.1) is 0 Å². The van der Waals surface area contributed by atoms with Crippen molar-refractivity contribution in [1.29, 1.82) is 0 Å². The van der Waals surface area contributed by atoms with Crippen molar-refractivity contribution in [3.8, 4) is 11.5 Å². The van der Waals surface area contributed by atoms with Gasteiger partial charge >= 0.3 is 0 Å². The van der Waals surface area contributed by atoms with Crippen LogP contribution >= 0.6 is 23.2 Å².